The molecule has 0 spiro atoms. The van der Waals surface area contributed by atoms with E-state index in [0.717, 1.165) is 6.42 Å². The SMILES string of the molecule is CC(C)C1CC(Cl)NC(NC(=O)NC2CCC(OC(F)(F)F)CC2)N1. The number of alkyl halides is 4. The maximum atomic E-state index is 12.2. The van der Waals surface area contributed by atoms with Gasteiger partial charge in [0.25, 0.3) is 0 Å². The molecule has 1 saturated carbocycles. The molecule has 2 aliphatic rings. The predicted molar refractivity (Wildman–Crippen MR) is 87.8 cm³/mol. The van der Waals surface area contributed by atoms with Gasteiger partial charge in [0, 0.05) is 12.1 Å². The number of carbonyl (C=O) groups is 1. The van der Waals surface area contributed by atoms with Crippen LogP contribution in [0.2, 0.25) is 0 Å². The molecule has 1 saturated heterocycles. The van der Waals surface area contributed by atoms with Crippen LogP contribution in [0.5, 0.6) is 0 Å². The number of carbonyl (C=O) groups excluding carboxylic acids is 1. The van der Waals surface area contributed by atoms with Gasteiger partial charge in [0.2, 0.25) is 0 Å². The fourth-order valence-corrected chi connectivity index (χ4v) is 3.54. The molecule has 0 aromatic carbocycles. The number of amides is 2. The van der Waals surface area contributed by atoms with Gasteiger partial charge in [-0.05, 0) is 38.0 Å². The minimum atomic E-state index is -4.61. The molecule has 1 heterocycles. The molecule has 25 heavy (non-hydrogen) atoms. The maximum Gasteiger partial charge on any atom is 0.522 e. The second kappa shape index (κ2) is 8.75. The molecule has 3 unspecified atom stereocenters. The highest BCUT2D eigenvalue weighted by Gasteiger charge is 2.36. The van der Waals surface area contributed by atoms with Crippen molar-refractivity contribution in [1.29, 1.82) is 0 Å². The van der Waals surface area contributed by atoms with Gasteiger partial charge in [-0.1, -0.05) is 13.8 Å². The summed E-state index contributed by atoms with van der Waals surface area (Å²) < 4.78 is 40.6. The van der Waals surface area contributed by atoms with Crippen LogP contribution in [-0.4, -0.2) is 42.4 Å². The third-order valence-corrected chi connectivity index (χ3v) is 4.88. The first-order valence-corrected chi connectivity index (χ1v) is 9.04. The second-order valence-corrected chi connectivity index (χ2v) is 7.50. The number of halogens is 4. The molecule has 146 valence electrons. The topological polar surface area (TPSA) is 74.4 Å². The summed E-state index contributed by atoms with van der Waals surface area (Å²) in [5.41, 5.74) is -0.242. The van der Waals surface area contributed by atoms with Gasteiger partial charge in [0.05, 0.1) is 11.6 Å². The molecule has 6 nitrogen and oxygen atoms in total. The van der Waals surface area contributed by atoms with E-state index in [2.05, 4.69) is 39.9 Å². The van der Waals surface area contributed by atoms with Crippen LogP contribution in [0.3, 0.4) is 0 Å². The van der Waals surface area contributed by atoms with E-state index in [1.165, 1.54) is 0 Å². The molecule has 2 amide bonds. The summed E-state index contributed by atoms with van der Waals surface area (Å²) in [4.78, 5) is 12.1. The van der Waals surface area contributed by atoms with E-state index in [0.29, 0.717) is 18.8 Å². The lowest BCUT2D eigenvalue weighted by molar-refractivity contribution is -0.345. The molecule has 0 bridgehead atoms. The Morgan fingerprint density at radius 3 is 2.36 bits per heavy atom. The second-order valence-electron chi connectivity index (χ2n) is 6.98. The Morgan fingerprint density at radius 2 is 1.80 bits per heavy atom. The highest BCUT2D eigenvalue weighted by Crippen LogP contribution is 2.28. The van der Waals surface area contributed by atoms with Crippen LogP contribution in [0.1, 0.15) is 46.0 Å². The van der Waals surface area contributed by atoms with Crippen molar-refractivity contribution in [2.45, 2.75) is 82.3 Å². The van der Waals surface area contributed by atoms with E-state index in [1.807, 2.05) is 0 Å². The Kier molecular flexibility index (Phi) is 7.19. The molecule has 0 radical (unpaired) electrons. The first-order chi connectivity index (χ1) is 11.6. The molecule has 3 atom stereocenters. The summed E-state index contributed by atoms with van der Waals surface area (Å²) in [6.45, 7) is 4.15. The molecule has 4 N–H and O–H groups in total. The summed E-state index contributed by atoms with van der Waals surface area (Å²) in [5.74, 6) is 0.375. The molecule has 0 aromatic heterocycles. The highest BCUT2D eigenvalue weighted by molar-refractivity contribution is 6.20. The standard InChI is InChI=1S/C15H26ClF3N4O2/c1-8(2)11-7-12(16)22-13(21-11)23-14(24)20-9-3-5-10(6-4-9)25-15(17,18)19/h8-13,21-22H,3-7H2,1-2H3,(H2,20,23,24). The fourth-order valence-electron chi connectivity index (χ4n) is 3.22. The van der Waals surface area contributed by atoms with Gasteiger partial charge < -0.3 is 10.6 Å². The summed E-state index contributed by atoms with van der Waals surface area (Å²) in [7, 11) is 0. The Bertz CT molecular complexity index is 445. The van der Waals surface area contributed by atoms with Gasteiger partial charge in [-0.3, -0.25) is 15.4 Å². The van der Waals surface area contributed by atoms with Crippen LogP contribution in [-0.2, 0) is 4.74 Å². The molecule has 2 fully saturated rings. The Labute approximate surface area is 150 Å². The Balaban J connectivity index is 1.72. The largest absolute Gasteiger partial charge is 0.522 e. The Hall–Kier alpha value is -0.770. The maximum absolute atomic E-state index is 12.2. The van der Waals surface area contributed by atoms with E-state index in [-0.39, 0.29) is 36.5 Å². The average Bonchev–Trinajstić information content (AvgIpc) is 2.47. The van der Waals surface area contributed by atoms with Gasteiger partial charge in [-0.15, -0.1) is 24.8 Å². The first kappa shape index (κ1) is 20.5. The summed E-state index contributed by atoms with van der Waals surface area (Å²) >= 11 is 6.17. The normalized spacial score (nSPS) is 34.0. The summed E-state index contributed by atoms with van der Waals surface area (Å²) in [6.07, 6.45) is -3.69. The van der Waals surface area contributed by atoms with Crippen molar-refractivity contribution in [3.63, 3.8) is 0 Å². The number of nitrogens with one attached hydrogen (secondary N) is 4. The van der Waals surface area contributed by atoms with Gasteiger partial charge in [0.15, 0.2) is 0 Å². The Morgan fingerprint density at radius 1 is 1.16 bits per heavy atom. The van der Waals surface area contributed by atoms with E-state index < -0.39 is 18.8 Å². The van der Waals surface area contributed by atoms with Crippen molar-refractivity contribution < 1.29 is 22.7 Å². The minimum absolute atomic E-state index is 0.163. The summed E-state index contributed by atoms with van der Waals surface area (Å²) in [6, 6.07) is -0.355. The first-order valence-electron chi connectivity index (χ1n) is 8.60. The highest BCUT2D eigenvalue weighted by atomic mass is 35.5. The van der Waals surface area contributed by atoms with Crippen LogP contribution in [0.4, 0.5) is 18.0 Å². The van der Waals surface area contributed by atoms with Crippen molar-refractivity contribution in [3.8, 4) is 0 Å². The quantitative estimate of drug-likeness (QED) is 0.442. The zero-order valence-electron chi connectivity index (χ0n) is 14.3. The van der Waals surface area contributed by atoms with Gasteiger partial charge in [-0.25, -0.2) is 4.79 Å². The molecule has 1 aliphatic heterocycles. The number of ether oxygens (including phenoxy) is 1. The zero-order chi connectivity index (χ0) is 18.6. The smallest absolute Gasteiger partial charge is 0.335 e. The van der Waals surface area contributed by atoms with Crippen molar-refractivity contribution in [1.82, 2.24) is 21.3 Å². The van der Waals surface area contributed by atoms with Crippen LogP contribution >= 0.6 is 11.6 Å². The van der Waals surface area contributed by atoms with Crippen molar-refractivity contribution in [3.05, 3.63) is 0 Å². The monoisotopic (exact) mass is 386 g/mol. The lowest BCUT2D eigenvalue weighted by Gasteiger charge is -2.37. The van der Waals surface area contributed by atoms with Crippen molar-refractivity contribution in [2.24, 2.45) is 5.92 Å². The van der Waals surface area contributed by atoms with Gasteiger partial charge in [0.1, 0.15) is 6.29 Å². The number of urea groups is 1. The molecule has 10 heteroatoms. The zero-order valence-corrected chi connectivity index (χ0v) is 15.1. The molecule has 1 aliphatic carbocycles. The molecular formula is C15H26ClF3N4O2. The molecule has 0 aromatic rings. The van der Waals surface area contributed by atoms with Gasteiger partial charge >= 0.3 is 12.4 Å². The van der Waals surface area contributed by atoms with Crippen molar-refractivity contribution >= 4 is 17.6 Å². The summed E-state index contributed by atoms with van der Waals surface area (Å²) in [5, 5.41) is 11.9. The van der Waals surface area contributed by atoms with Crippen LogP contribution in [0.15, 0.2) is 0 Å². The third kappa shape index (κ3) is 7.16. The lowest BCUT2D eigenvalue weighted by atomic mass is 9.93. The van der Waals surface area contributed by atoms with Crippen molar-refractivity contribution in [2.75, 3.05) is 0 Å². The van der Waals surface area contributed by atoms with E-state index in [9.17, 15) is 18.0 Å². The number of rotatable bonds is 4. The average molecular weight is 387 g/mol. The number of hydrogen-bond acceptors (Lipinski definition) is 4. The van der Waals surface area contributed by atoms with E-state index in [1.54, 1.807) is 0 Å². The van der Waals surface area contributed by atoms with Crippen LogP contribution < -0.4 is 21.3 Å². The van der Waals surface area contributed by atoms with Crippen LogP contribution in [0, 0.1) is 5.92 Å². The van der Waals surface area contributed by atoms with E-state index >= 15 is 0 Å². The predicted octanol–water partition coefficient (Wildman–Crippen LogP) is 2.59. The van der Waals surface area contributed by atoms with Crippen LogP contribution in [0.25, 0.3) is 0 Å². The molecule has 2 rings (SSSR count). The van der Waals surface area contributed by atoms with E-state index in [4.69, 9.17) is 11.6 Å². The number of hydrogen-bond donors (Lipinski definition) is 4. The molecular weight excluding hydrogens is 361 g/mol. The lowest BCUT2D eigenvalue weighted by Crippen LogP contribution is -2.66. The fraction of sp³-hybridized carbons (Fsp3) is 0.933. The minimum Gasteiger partial charge on any atom is -0.335 e. The third-order valence-electron chi connectivity index (χ3n) is 4.58. The van der Waals surface area contributed by atoms with Gasteiger partial charge in [-0.2, -0.15) is 0 Å².